The van der Waals surface area contributed by atoms with Gasteiger partial charge in [0.1, 0.15) is 12.0 Å². The fraction of sp³-hybridized carbons (Fsp3) is 0.500. The molecule has 0 saturated carbocycles. The summed E-state index contributed by atoms with van der Waals surface area (Å²) in [6.45, 7) is 4.58. The van der Waals surface area contributed by atoms with E-state index in [1.54, 1.807) is 4.90 Å². The van der Waals surface area contributed by atoms with Crippen LogP contribution in [0.4, 0.5) is 11.5 Å². The number of anilines is 1. The fourth-order valence-corrected chi connectivity index (χ4v) is 2.25. The summed E-state index contributed by atoms with van der Waals surface area (Å²) in [4.78, 5) is 27.8. The summed E-state index contributed by atoms with van der Waals surface area (Å²) in [7, 11) is 0. The van der Waals surface area contributed by atoms with E-state index in [4.69, 9.17) is 10.5 Å². The highest BCUT2D eigenvalue weighted by atomic mass is 16.6. The van der Waals surface area contributed by atoms with Gasteiger partial charge in [0.05, 0.1) is 22.7 Å². The number of nitrogens with zero attached hydrogens (tertiary/aromatic N) is 3. The maximum absolute atomic E-state index is 12.4. The van der Waals surface area contributed by atoms with Crippen molar-refractivity contribution in [1.82, 2.24) is 9.88 Å². The van der Waals surface area contributed by atoms with Crippen molar-refractivity contribution in [3.8, 4) is 0 Å². The minimum absolute atomic E-state index is 0.00704. The van der Waals surface area contributed by atoms with Gasteiger partial charge in [-0.15, -0.1) is 0 Å². The summed E-state index contributed by atoms with van der Waals surface area (Å²) in [6.07, 6.45) is 0.864. The summed E-state index contributed by atoms with van der Waals surface area (Å²) in [5, 5.41) is 10.7. The Morgan fingerprint density at radius 2 is 2.10 bits per heavy atom. The predicted molar refractivity (Wildman–Crippen MR) is 71.2 cm³/mol. The van der Waals surface area contributed by atoms with Crippen LogP contribution < -0.4 is 5.73 Å². The molecule has 2 N–H and O–H groups in total. The summed E-state index contributed by atoms with van der Waals surface area (Å²) in [5.74, 6) is -0.368. The second-order valence-corrected chi connectivity index (χ2v) is 4.85. The molecule has 0 unspecified atom stereocenters. The average molecular weight is 280 g/mol. The highest BCUT2D eigenvalue weighted by Gasteiger charge is 2.28. The van der Waals surface area contributed by atoms with E-state index >= 15 is 0 Å². The molecule has 1 aromatic heterocycles. The van der Waals surface area contributed by atoms with Gasteiger partial charge in [-0.1, -0.05) is 0 Å². The number of rotatable bonds is 2. The van der Waals surface area contributed by atoms with Crippen LogP contribution in [0.25, 0.3) is 0 Å². The number of morpholine rings is 1. The topological polar surface area (TPSA) is 112 Å². The largest absolute Gasteiger partial charge is 0.383 e. The van der Waals surface area contributed by atoms with E-state index in [0.29, 0.717) is 13.1 Å². The minimum atomic E-state index is -0.603. The van der Waals surface area contributed by atoms with E-state index in [2.05, 4.69) is 4.98 Å². The Morgan fingerprint density at radius 3 is 2.65 bits per heavy atom. The van der Waals surface area contributed by atoms with Gasteiger partial charge in [-0.05, 0) is 13.8 Å². The van der Waals surface area contributed by atoms with Gasteiger partial charge in [0.15, 0.2) is 0 Å². The lowest BCUT2D eigenvalue weighted by Crippen LogP contribution is -2.48. The molecule has 8 nitrogen and oxygen atoms in total. The molecule has 2 atom stereocenters. The first-order chi connectivity index (χ1) is 9.38. The molecule has 1 aromatic rings. The number of hydrogen-bond acceptors (Lipinski definition) is 6. The van der Waals surface area contributed by atoms with E-state index < -0.39 is 4.92 Å². The Bertz CT molecular complexity index is 538. The van der Waals surface area contributed by atoms with Crippen LogP contribution >= 0.6 is 0 Å². The molecule has 1 fully saturated rings. The molecular weight excluding hydrogens is 264 g/mol. The summed E-state index contributed by atoms with van der Waals surface area (Å²) >= 11 is 0. The third-order valence-electron chi connectivity index (χ3n) is 3.05. The van der Waals surface area contributed by atoms with Crippen LogP contribution in [0.3, 0.4) is 0 Å². The smallest absolute Gasteiger partial charge is 0.288 e. The van der Waals surface area contributed by atoms with Crippen molar-refractivity contribution in [2.24, 2.45) is 0 Å². The highest BCUT2D eigenvalue weighted by molar-refractivity contribution is 5.99. The number of carbonyl (C=O) groups excluding carboxylic acids is 1. The first-order valence-electron chi connectivity index (χ1n) is 6.23. The molecule has 0 aliphatic carbocycles. The van der Waals surface area contributed by atoms with Crippen molar-refractivity contribution in [2.45, 2.75) is 26.1 Å². The maximum Gasteiger partial charge on any atom is 0.288 e. The lowest BCUT2D eigenvalue weighted by Gasteiger charge is -2.35. The molecule has 1 aliphatic heterocycles. The zero-order valence-corrected chi connectivity index (χ0v) is 11.3. The molecule has 1 aliphatic rings. The Hall–Kier alpha value is -2.22. The number of nitro groups is 1. The van der Waals surface area contributed by atoms with Crippen molar-refractivity contribution >= 4 is 17.4 Å². The fourth-order valence-electron chi connectivity index (χ4n) is 2.25. The number of ether oxygens (including phenoxy) is 1. The zero-order valence-electron chi connectivity index (χ0n) is 11.3. The monoisotopic (exact) mass is 280 g/mol. The quantitative estimate of drug-likeness (QED) is 0.634. The number of amides is 1. The van der Waals surface area contributed by atoms with Crippen LogP contribution in [0.1, 0.15) is 24.2 Å². The second kappa shape index (κ2) is 5.41. The van der Waals surface area contributed by atoms with E-state index in [0.717, 1.165) is 12.3 Å². The van der Waals surface area contributed by atoms with E-state index in [1.807, 2.05) is 13.8 Å². The molecule has 2 rings (SSSR count). The highest BCUT2D eigenvalue weighted by Crippen LogP contribution is 2.20. The Labute approximate surface area is 115 Å². The molecule has 0 radical (unpaired) electrons. The Kier molecular flexibility index (Phi) is 3.84. The normalized spacial score (nSPS) is 22.6. The minimum Gasteiger partial charge on any atom is -0.383 e. The average Bonchev–Trinajstić information content (AvgIpc) is 2.37. The van der Waals surface area contributed by atoms with Crippen molar-refractivity contribution in [1.29, 1.82) is 0 Å². The van der Waals surface area contributed by atoms with Gasteiger partial charge in [-0.3, -0.25) is 14.9 Å². The Morgan fingerprint density at radius 1 is 1.50 bits per heavy atom. The number of aromatic nitrogens is 1. The lowest BCUT2D eigenvalue weighted by atomic mass is 10.1. The summed E-state index contributed by atoms with van der Waals surface area (Å²) in [6, 6.07) is 1.16. The van der Waals surface area contributed by atoms with Gasteiger partial charge in [0.2, 0.25) is 0 Å². The number of carbonyl (C=O) groups is 1. The first kappa shape index (κ1) is 14.2. The second-order valence-electron chi connectivity index (χ2n) is 4.85. The standard InChI is InChI=1S/C12H16N4O4/c1-7-5-15(6-8(2)20-7)12(17)10-3-9(16(18)19)4-14-11(10)13/h3-4,7-8H,5-6H2,1-2H3,(H2,13,14)/t7-,8+. The van der Waals surface area contributed by atoms with Crippen LogP contribution in [0.15, 0.2) is 12.3 Å². The molecule has 2 heterocycles. The summed E-state index contributed by atoms with van der Waals surface area (Å²) in [5.41, 5.74) is 5.46. The predicted octanol–water partition coefficient (Wildman–Crippen LogP) is 0.821. The lowest BCUT2D eigenvalue weighted by molar-refractivity contribution is -0.385. The molecule has 0 spiro atoms. The van der Waals surface area contributed by atoms with Crippen molar-refractivity contribution in [3.63, 3.8) is 0 Å². The van der Waals surface area contributed by atoms with Crippen molar-refractivity contribution in [3.05, 3.63) is 27.9 Å². The number of nitrogen functional groups attached to an aromatic ring is 1. The molecule has 1 saturated heterocycles. The third kappa shape index (κ3) is 2.85. The molecule has 0 aromatic carbocycles. The SMILES string of the molecule is C[C@@H]1CN(C(=O)c2cc([N+](=O)[O-])cnc2N)C[C@H](C)O1. The third-order valence-corrected chi connectivity index (χ3v) is 3.05. The van der Waals surface area contributed by atoms with Crippen LogP contribution in [0, 0.1) is 10.1 Å². The van der Waals surface area contributed by atoms with Gasteiger partial charge in [0, 0.05) is 19.2 Å². The van der Waals surface area contributed by atoms with Gasteiger partial charge in [-0.25, -0.2) is 4.98 Å². The van der Waals surface area contributed by atoms with Gasteiger partial charge in [-0.2, -0.15) is 0 Å². The number of nitrogens with two attached hydrogens (primary N) is 1. The molecular formula is C12H16N4O4. The molecule has 1 amide bonds. The van der Waals surface area contributed by atoms with Crippen LogP contribution in [-0.4, -0.2) is 46.0 Å². The summed E-state index contributed by atoms with van der Waals surface area (Å²) < 4.78 is 5.55. The molecule has 108 valence electrons. The van der Waals surface area contributed by atoms with Crippen LogP contribution in [0.2, 0.25) is 0 Å². The first-order valence-corrected chi connectivity index (χ1v) is 6.23. The van der Waals surface area contributed by atoms with Gasteiger partial charge in [0.25, 0.3) is 11.6 Å². The maximum atomic E-state index is 12.4. The number of pyridine rings is 1. The van der Waals surface area contributed by atoms with Crippen molar-refractivity contribution in [2.75, 3.05) is 18.8 Å². The van der Waals surface area contributed by atoms with E-state index in [1.165, 1.54) is 0 Å². The van der Waals surface area contributed by atoms with Gasteiger partial charge < -0.3 is 15.4 Å². The Balaban J connectivity index is 2.28. The van der Waals surface area contributed by atoms with Crippen LogP contribution in [0.5, 0.6) is 0 Å². The zero-order chi connectivity index (χ0) is 14.9. The number of hydrogen-bond donors (Lipinski definition) is 1. The van der Waals surface area contributed by atoms with Gasteiger partial charge >= 0.3 is 0 Å². The molecule has 0 bridgehead atoms. The van der Waals surface area contributed by atoms with Crippen molar-refractivity contribution < 1.29 is 14.5 Å². The van der Waals surface area contributed by atoms with E-state index in [-0.39, 0.29) is 35.2 Å². The van der Waals surface area contributed by atoms with E-state index in [9.17, 15) is 14.9 Å². The molecule has 8 heteroatoms. The van der Waals surface area contributed by atoms with Crippen LogP contribution in [-0.2, 0) is 4.74 Å². The molecule has 20 heavy (non-hydrogen) atoms.